The molecule has 66 valence electrons. The number of halogens is 3. The molecule has 0 aliphatic heterocycles. The lowest BCUT2D eigenvalue weighted by Gasteiger charge is -2.09. The highest BCUT2D eigenvalue weighted by Gasteiger charge is 2.11. The molecule has 0 aliphatic carbocycles. The highest BCUT2D eigenvalue weighted by atomic mass is 35.5. The van der Waals surface area contributed by atoms with Gasteiger partial charge in [-0.3, -0.25) is 0 Å². The number of alkyl halides is 1. The Balaban J connectivity index is 3.07. The Hall–Kier alpha value is -0.670. The van der Waals surface area contributed by atoms with Gasteiger partial charge in [-0.1, -0.05) is 23.7 Å². The van der Waals surface area contributed by atoms with Crippen LogP contribution in [0, 0.1) is 5.82 Å². The van der Waals surface area contributed by atoms with Crippen LogP contribution in [0.2, 0.25) is 5.02 Å². The molecule has 0 saturated carbocycles. The number of hydrogen-bond donors (Lipinski definition) is 1. The van der Waals surface area contributed by atoms with Gasteiger partial charge in [-0.15, -0.1) is 0 Å². The summed E-state index contributed by atoms with van der Waals surface area (Å²) < 4.78 is 24.8. The molecule has 1 unspecified atom stereocenters. The van der Waals surface area contributed by atoms with Gasteiger partial charge in [0.25, 0.3) is 0 Å². The maximum Gasteiger partial charge on any atom is 0.142 e. The van der Waals surface area contributed by atoms with E-state index in [0.717, 1.165) is 0 Å². The minimum atomic E-state index is -0.840. The molecule has 1 rings (SSSR count). The van der Waals surface area contributed by atoms with E-state index < -0.39 is 18.5 Å². The van der Waals surface area contributed by atoms with E-state index >= 15 is 0 Å². The van der Waals surface area contributed by atoms with Crippen LogP contribution in [-0.2, 0) is 0 Å². The second-order valence-electron chi connectivity index (χ2n) is 2.40. The van der Waals surface area contributed by atoms with Crippen molar-refractivity contribution in [1.82, 2.24) is 0 Å². The zero-order chi connectivity index (χ0) is 9.14. The van der Waals surface area contributed by atoms with E-state index in [4.69, 9.17) is 17.3 Å². The second kappa shape index (κ2) is 3.83. The quantitative estimate of drug-likeness (QED) is 0.764. The number of hydrogen-bond acceptors (Lipinski definition) is 1. The SMILES string of the molecule is NC(CF)c1cccc(F)c1Cl. The van der Waals surface area contributed by atoms with Crippen LogP contribution in [0.15, 0.2) is 18.2 Å². The molecule has 0 radical (unpaired) electrons. The zero-order valence-electron chi connectivity index (χ0n) is 6.23. The molecule has 1 nitrogen and oxygen atoms in total. The molecular weight excluding hydrogens is 184 g/mol. The van der Waals surface area contributed by atoms with E-state index in [0.29, 0.717) is 5.56 Å². The topological polar surface area (TPSA) is 26.0 Å². The van der Waals surface area contributed by atoms with Crippen molar-refractivity contribution in [2.24, 2.45) is 5.73 Å². The standard InChI is InChI=1S/C8H8ClF2N/c9-8-5(7(12)4-10)2-1-3-6(8)11/h1-3,7H,4,12H2. The lowest BCUT2D eigenvalue weighted by Crippen LogP contribution is -2.12. The highest BCUT2D eigenvalue weighted by molar-refractivity contribution is 6.31. The van der Waals surface area contributed by atoms with Gasteiger partial charge in [0.15, 0.2) is 0 Å². The average Bonchev–Trinajstić information content (AvgIpc) is 2.08. The van der Waals surface area contributed by atoms with Crippen molar-refractivity contribution in [3.8, 4) is 0 Å². The molecule has 0 amide bonds. The van der Waals surface area contributed by atoms with Crippen LogP contribution in [0.1, 0.15) is 11.6 Å². The van der Waals surface area contributed by atoms with E-state index in [-0.39, 0.29) is 5.02 Å². The number of benzene rings is 1. The third-order valence-electron chi connectivity index (χ3n) is 1.55. The summed E-state index contributed by atoms with van der Waals surface area (Å²) in [6.45, 7) is -0.747. The summed E-state index contributed by atoms with van der Waals surface area (Å²) in [7, 11) is 0. The van der Waals surface area contributed by atoms with Crippen molar-refractivity contribution in [2.45, 2.75) is 6.04 Å². The van der Waals surface area contributed by atoms with Gasteiger partial charge in [0, 0.05) is 0 Å². The molecule has 0 aromatic heterocycles. The fourth-order valence-corrected chi connectivity index (χ4v) is 1.16. The van der Waals surface area contributed by atoms with Crippen molar-refractivity contribution < 1.29 is 8.78 Å². The van der Waals surface area contributed by atoms with Crippen molar-refractivity contribution in [3.05, 3.63) is 34.6 Å². The molecule has 4 heteroatoms. The van der Waals surface area contributed by atoms with Gasteiger partial charge in [-0.05, 0) is 11.6 Å². The minimum Gasteiger partial charge on any atom is -0.322 e. The molecule has 0 saturated heterocycles. The molecule has 0 fully saturated rings. The third-order valence-corrected chi connectivity index (χ3v) is 1.95. The molecule has 1 aromatic carbocycles. The van der Waals surface area contributed by atoms with Crippen molar-refractivity contribution in [2.75, 3.05) is 6.67 Å². The smallest absolute Gasteiger partial charge is 0.142 e. The second-order valence-corrected chi connectivity index (χ2v) is 2.78. The zero-order valence-corrected chi connectivity index (χ0v) is 6.98. The monoisotopic (exact) mass is 191 g/mol. The third kappa shape index (κ3) is 1.73. The van der Waals surface area contributed by atoms with E-state index in [1.165, 1.54) is 18.2 Å². The van der Waals surface area contributed by atoms with Crippen LogP contribution in [-0.4, -0.2) is 6.67 Å². The summed E-state index contributed by atoms with van der Waals surface area (Å²) in [5.74, 6) is -0.571. The highest BCUT2D eigenvalue weighted by Crippen LogP contribution is 2.24. The molecule has 12 heavy (non-hydrogen) atoms. The molecule has 0 heterocycles. The maximum atomic E-state index is 12.8. The molecule has 1 atom stereocenters. The predicted molar refractivity (Wildman–Crippen MR) is 44.3 cm³/mol. The summed E-state index contributed by atoms with van der Waals surface area (Å²) in [4.78, 5) is 0. The Kier molecular flexibility index (Phi) is 3.00. The van der Waals surface area contributed by atoms with Gasteiger partial charge in [0.2, 0.25) is 0 Å². The van der Waals surface area contributed by atoms with Crippen LogP contribution in [0.5, 0.6) is 0 Å². The Bertz CT molecular complexity index is 278. The van der Waals surface area contributed by atoms with E-state index in [9.17, 15) is 8.78 Å². The summed E-state index contributed by atoms with van der Waals surface area (Å²) in [6.07, 6.45) is 0. The lowest BCUT2D eigenvalue weighted by molar-refractivity contribution is 0.436. The number of rotatable bonds is 2. The molecule has 0 spiro atoms. The summed E-state index contributed by atoms with van der Waals surface area (Å²) in [6, 6.07) is 3.33. The van der Waals surface area contributed by atoms with Crippen LogP contribution in [0.25, 0.3) is 0 Å². The first-order valence-electron chi connectivity index (χ1n) is 3.42. The first kappa shape index (κ1) is 9.42. The molecular formula is C8H8ClF2N. The van der Waals surface area contributed by atoms with Crippen LogP contribution in [0.3, 0.4) is 0 Å². The van der Waals surface area contributed by atoms with E-state index in [1.54, 1.807) is 0 Å². The van der Waals surface area contributed by atoms with Gasteiger partial charge in [0.05, 0.1) is 11.1 Å². The van der Waals surface area contributed by atoms with Crippen molar-refractivity contribution >= 4 is 11.6 Å². The van der Waals surface area contributed by atoms with Gasteiger partial charge < -0.3 is 5.73 Å². The van der Waals surface area contributed by atoms with E-state index in [2.05, 4.69) is 0 Å². The van der Waals surface area contributed by atoms with Gasteiger partial charge in [-0.25, -0.2) is 8.78 Å². The van der Waals surface area contributed by atoms with E-state index in [1.807, 2.05) is 0 Å². The minimum absolute atomic E-state index is 0.0948. The largest absolute Gasteiger partial charge is 0.322 e. The molecule has 2 N–H and O–H groups in total. The van der Waals surface area contributed by atoms with Crippen molar-refractivity contribution in [3.63, 3.8) is 0 Å². The van der Waals surface area contributed by atoms with Gasteiger partial charge >= 0.3 is 0 Å². The summed E-state index contributed by atoms with van der Waals surface area (Å²) in [5, 5.41) is -0.0948. The maximum absolute atomic E-state index is 12.8. The average molecular weight is 192 g/mol. The fourth-order valence-electron chi connectivity index (χ4n) is 0.890. The van der Waals surface area contributed by atoms with Gasteiger partial charge in [0.1, 0.15) is 12.5 Å². The van der Waals surface area contributed by atoms with Gasteiger partial charge in [-0.2, -0.15) is 0 Å². The Morgan fingerprint density at radius 3 is 2.75 bits per heavy atom. The number of nitrogens with two attached hydrogens (primary N) is 1. The van der Waals surface area contributed by atoms with Crippen LogP contribution in [0.4, 0.5) is 8.78 Å². The van der Waals surface area contributed by atoms with Crippen LogP contribution < -0.4 is 5.73 Å². The summed E-state index contributed by atoms with van der Waals surface area (Å²) in [5.41, 5.74) is 5.64. The molecule has 0 aliphatic rings. The van der Waals surface area contributed by atoms with Crippen molar-refractivity contribution in [1.29, 1.82) is 0 Å². The lowest BCUT2D eigenvalue weighted by atomic mass is 10.1. The predicted octanol–water partition coefficient (Wildman–Crippen LogP) is 2.45. The summed E-state index contributed by atoms with van der Waals surface area (Å²) >= 11 is 5.55. The first-order chi connectivity index (χ1) is 5.66. The molecule has 1 aromatic rings. The first-order valence-corrected chi connectivity index (χ1v) is 3.80. The normalized spacial score (nSPS) is 13.0. The Labute approximate surface area is 74.1 Å². The van der Waals surface area contributed by atoms with Crippen LogP contribution >= 0.6 is 11.6 Å². The molecule has 0 bridgehead atoms. The Morgan fingerprint density at radius 1 is 1.50 bits per heavy atom. The fraction of sp³-hybridized carbons (Fsp3) is 0.250. The Morgan fingerprint density at radius 2 is 2.17 bits per heavy atom.